The SMILES string of the molecule is COc1ccc([C@@H]2C(=C(O)c3ccc4c(c3)C[C@@H](C)O4)C(=O)C(=O)N2c2nnc(SCc3cccc4ccccc34)s2)cc1. The van der Waals surface area contributed by atoms with Gasteiger partial charge in [0.1, 0.15) is 23.4 Å². The maximum absolute atomic E-state index is 13.6. The third-order valence-electron chi connectivity index (χ3n) is 7.88. The van der Waals surface area contributed by atoms with E-state index < -0.39 is 17.7 Å². The van der Waals surface area contributed by atoms with Crippen molar-refractivity contribution in [3.8, 4) is 11.5 Å². The molecule has 0 aliphatic carbocycles. The van der Waals surface area contributed by atoms with Crippen LogP contribution in [0.2, 0.25) is 0 Å². The Labute approximate surface area is 262 Å². The minimum atomic E-state index is -0.909. The van der Waals surface area contributed by atoms with Gasteiger partial charge in [-0.05, 0) is 64.7 Å². The molecule has 0 bridgehead atoms. The van der Waals surface area contributed by atoms with Crippen LogP contribution in [0.3, 0.4) is 0 Å². The van der Waals surface area contributed by atoms with Crippen LogP contribution in [0.15, 0.2) is 94.8 Å². The number of thioether (sulfide) groups is 1. The molecule has 1 aromatic heterocycles. The Bertz CT molecular complexity index is 1950. The van der Waals surface area contributed by atoms with Crippen LogP contribution < -0.4 is 14.4 Å². The highest BCUT2D eigenvalue weighted by Crippen LogP contribution is 2.45. The van der Waals surface area contributed by atoms with E-state index in [0.29, 0.717) is 33.4 Å². The first-order chi connectivity index (χ1) is 21.4. The molecule has 0 radical (unpaired) electrons. The van der Waals surface area contributed by atoms with Gasteiger partial charge in [-0.2, -0.15) is 0 Å². The topological polar surface area (TPSA) is 102 Å². The van der Waals surface area contributed by atoms with Crippen LogP contribution in [0.25, 0.3) is 16.5 Å². The Morgan fingerprint density at radius 2 is 1.84 bits per heavy atom. The van der Waals surface area contributed by atoms with Crippen molar-refractivity contribution in [2.75, 3.05) is 12.0 Å². The number of rotatable bonds is 7. The lowest BCUT2D eigenvalue weighted by atomic mass is 9.94. The predicted molar refractivity (Wildman–Crippen MR) is 171 cm³/mol. The standard InChI is InChI=1S/C34H27N3O5S2/c1-19-16-24-17-22(12-15-27(24)42-19)30(38)28-29(21-10-13-25(41-2)14-11-21)37(32(40)31(28)39)33-35-36-34(44-33)43-18-23-8-5-7-20-6-3-4-9-26(20)23/h3-15,17,19,29,38H,16,18H2,1-2H3/t19-,29-/m1/s1. The number of benzene rings is 4. The molecule has 1 N–H and O–H groups in total. The molecule has 7 rings (SSSR count). The lowest BCUT2D eigenvalue weighted by Crippen LogP contribution is -2.29. The summed E-state index contributed by atoms with van der Waals surface area (Å²) in [5.41, 5.74) is 3.17. The fraction of sp³-hybridized carbons (Fsp3) is 0.176. The van der Waals surface area contributed by atoms with E-state index in [-0.39, 0.29) is 22.6 Å². The Morgan fingerprint density at radius 3 is 2.66 bits per heavy atom. The zero-order chi connectivity index (χ0) is 30.4. The number of hydrogen-bond donors (Lipinski definition) is 1. The second-order valence-corrected chi connectivity index (χ2v) is 12.9. The number of fused-ring (bicyclic) bond motifs is 2. The highest BCUT2D eigenvalue weighted by atomic mass is 32.2. The normalized spacial score (nSPS) is 18.9. The van der Waals surface area contributed by atoms with Crippen LogP contribution in [-0.4, -0.2) is 40.2 Å². The third-order valence-corrected chi connectivity index (χ3v) is 9.98. The molecule has 1 amide bonds. The van der Waals surface area contributed by atoms with Gasteiger partial charge in [0.15, 0.2) is 4.34 Å². The summed E-state index contributed by atoms with van der Waals surface area (Å²) in [7, 11) is 1.57. The van der Waals surface area contributed by atoms with Gasteiger partial charge < -0.3 is 14.6 Å². The van der Waals surface area contributed by atoms with E-state index in [4.69, 9.17) is 9.47 Å². The first-order valence-corrected chi connectivity index (χ1v) is 15.9. The number of Topliss-reactive ketones (excluding diaryl/α,β-unsaturated/α-hetero) is 1. The predicted octanol–water partition coefficient (Wildman–Crippen LogP) is 6.94. The third kappa shape index (κ3) is 4.99. The van der Waals surface area contributed by atoms with Crippen molar-refractivity contribution in [1.29, 1.82) is 0 Å². The number of amides is 1. The van der Waals surface area contributed by atoms with Crippen LogP contribution in [0.4, 0.5) is 5.13 Å². The number of ketones is 1. The monoisotopic (exact) mass is 621 g/mol. The fourth-order valence-electron chi connectivity index (χ4n) is 5.77. The quantitative estimate of drug-likeness (QED) is 0.0686. The Kier molecular flexibility index (Phi) is 7.31. The van der Waals surface area contributed by atoms with Crippen molar-refractivity contribution >= 4 is 56.5 Å². The van der Waals surface area contributed by atoms with Crippen molar-refractivity contribution in [1.82, 2.24) is 10.2 Å². The van der Waals surface area contributed by atoms with Gasteiger partial charge in [0.2, 0.25) is 5.13 Å². The Balaban J connectivity index is 1.25. The van der Waals surface area contributed by atoms with E-state index in [1.807, 2.05) is 31.2 Å². The van der Waals surface area contributed by atoms with E-state index in [9.17, 15) is 14.7 Å². The molecule has 0 saturated carbocycles. The maximum Gasteiger partial charge on any atom is 0.301 e. The summed E-state index contributed by atoms with van der Waals surface area (Å²) in [5.74, 6) is 0.243. The summed E-state index contributed by atoms with van der Waals surface area (Å²) in [6.07, 6.45) is 0.717. The first-order valence-electron chi connectivity index (χ1n) is 14.1. The first kappa shape index (κ1) is 28.1. The molecule has 0 spiro atoms. The van der Waals surface area contributed by atoms with Crippen molar-refractivity contribution in [3.63, 3.8) is 0 Å². The number of aliphatic hydroxyl groups is 1. The smallest absolute Gasteiger partial charge is 0.301 e. The number of methoxy groups -OCH3 is 1. The number of carbonyl (C=O) groups excluding carboxylic acids is 2. The Morgan fingerprint density at radius 1 is 1.05 bits per heavy atom. The molecule has 2 aliphatic rings. The molecule has 2 aliphatic heterocycles. The van der Waals surface area contributed by atoms with E-state index in [0.717, 1.165) is 22.3 Å². The van der Waals surface area contributed by atoms with Crippen molar-refractivity contribution < 1.29 is 24.2 Å². The van der Waals surface area contributed by atoms with E-state index >= 15 is 0 Å². The number of aromatic nitrogens is 2. The molecule has 0 unspecified atom stereocenters. The number of nitrogens with zero attached hydrogens (tertiary/aromatic N) is 3. The summed E-state index contributed by atoms with van der Waals surface area (Å²) in [6, 6.07) is 25.9. The zero-order valence-corrected chi connectivity index (χ0v) is 25.5. The molecule has 4 aromatic carbocycles. The number of anilines is 1. The minimum absolute atomic E-state index is 0.00719. The molecule has 8 nitrogen and oxygen atoms in total. The van der Waals surface area contributed by atoms with Gasteiger partial charge in [-0.25, -0.2) is 0 Å². The van der Waals surface area contributed by atoms with E-state index in [1.165, 1.54) is 33.4 Å². The second-order valence-electron chi connectivity index (χ2n) is 10.7. The summed E-state index contributed by atoms with van der Waals surface area (Å²) in [6.45, 7) is 1.98. The molecular weight excluding hydrogens is 595 g/mol. The number of hydrogen-bond acceptors (Lipinski definition) is 9. The van der Waals surface area contributed by atoms with Gasteiger partial charge in [-0.3, -0.25) is 14.5 Å². The lowest BCUT2D eigenvalue weighted by molar-refractivity contribution is -0.132. The number of aliphatic hydroxyl groups excluding tert-OH is 1. The molecule has 44 heavy (non-hydrogen) atoms. The molecular formula is C34H27N3O5S2. The van der Waals surface area contributed by atoms with Gasteiger partial charge in [0.05, 0.1) is 18.7 Å². The largest absolute Gasteiger partial charge is 0.507 e. The highest BCUT2D eigenvalue weighted by molar-refractivity contribution is 8.00. The summed E-state index contributed by atoms with van der Waals surface area (Å²) < 4.78 is 11.8. The van der Waals surface area contributed by atoms with Gasteiger partial charge in [0, 0.05) is 17.7 Å². The van der Waals surface area contributed by atoms with E-state index in [2.05, 4.69) is 34.5 Å². The Hall–Kier alpha value is -4.67. The zero-order valence-electron chi connectivity index (χ0n) is 23.9. The second kappa shape index (κ2) is 11.4. The van der Waals surface area contributed by atoms with Crippen LogP contribution in [0, 0.1) is 0 Å². The molecule has 10 heteroatoms. The van der Waals surface area contributed by atoms with Gasteiger partial charge in [-0.1, -0.05) is 77.7 Å². The molecule has 1 fully saturated rings. The van der Waals surface area contributed by atoms with Crippen LogP contribution >= 0.6 is 23.1 Å². The summed E-state index contributed by atoms with van der Waals surface area (Å²) in [5, 5.41) is 22.9. The molecule has 220 valence electrons. The fourth-order valence-corrected chi connectivity index (χ4v) is 7.64. The molecule has 3 heterocycles. The number of ether oxygens (including phenoxy) is 2. The van der Waals surface area contributed by atoms with Crippen molar-refractivity contribution in [2.24, 2.45) is 0 Å². The average molecular weight is 622 g/mol. The summed E-state index contributed by atoms with van der Waals surface area (Å²) in [4.78, 5) is 28.6. The summed E-state index contributed by atoms with van der Waals surface area (Å²) >= 11 is 2.76. The minimum Gasteiger partial charge on any atom is -0.507 e. The van der Waals surface area contributed by atoms with Crippen molar-refractivity contribution in [2.45, 2.75) is 35.6 Å². The average Bonchev–Trinajstić information content (AvgIpc) is 3.74. The van der Waals surface area contributed by atoms with Crippen LogP contribution in [0.5, 0.6) is 11.5 Å². The lowest BCUT2D eigenvalue weighted by Gasteiger charge is -2.22. The van der Waals surface area contributed by atoms with Crippen LogP contribution in [0.1, 0.15) is 35.2 Å². The van der Waals surface area contributed by atoms with Gasteiger partial charge in [-0.15, -0.1) is 10.2 Å². The highest BCUT2D eigenvalue weighted by Gasteiger charge is 2.48. The van der Waals surface area contributed by atoms with Crippen molar-refractivity contribution in [3.05, 3.63) is 113 Å². The molecule has 5 aromatic rings. The van der Waals surface area contributed by atoms with Gasteiger partial charge >= 0.3 is 5.91 Å². The van der Waals surface area contributed by atoms with Gasteiger partial charge in [0.25, 0.3) is 5.78 Å². The molecule has 2 atom stereocenters. The van der Waals surface area contributed by atoms with E-state index in [1.54, 1.807) is 43.5 Å². The maximum atomic E-state index is 13.6. The van der Waals surface area contributed by atoms with Crippen LogP contribution in [-0.2, 0) is 21.8 Å². The molecule has 1 saturated heterocycles. The number of carbonyl (C=O) groups is 2.